The number of amides is 2. The number of rotatable bonds is 9. The molecule has 2 N–H and O–H groups in total. The summed E-state index contributed by atoms with van der Waals surface area (Å²) in [5, 5.41) is 5.37. The number of carbonyl (C=O) groups excluding carboxylic acids is 2. The number of alkyl halides is 2. The minimum absolute atomic E-state index is 0.0455. The van der Waals surface area contributed by atoms with Gasteiger partial charge in [0.25, 0.3) is 0 Å². The fourth-order valence-electron chi connectivity index (χ4n) is 2.25. The molecule has 0 saturated carbocycles. The Morgan fingerprint density at radius 1 is 1.20 bits per heavy atom. The third-order valence-electron chi connectivity index (χ3n) is 3.46. The lowest BCUT2D eigenvalue weighted by molar-refractivity contribution is -0.129. The summed E-state index contributed by atoms with van der Waals surface area (Å²) in [4.78, 5) is 23.3. The van der Waals surface area contributed by atoms with Gasteiger partial charge >= 0.3 is 6.61 Å². The summed E-state index contributed by atoms with van der Waals surface area (Å²) in [5.74, 6) is -0.434. The minimum atomic E-state index is -2.93. The predicted molar refractivity (Wildman–Crippen MR) is 88.8 cm³/mol. The molecule has 1 aromatic rings. The molecule has 0 aliphatic heterocycles. The standard InChI is InChI=1S/C17H24F2N2O4/c1-10(2)15(21-11(3)22)16(23)20-8-7-12-5-6-13(25-17(18)19)14(9-12)24-4/h5-6,9-10,15,17H,7-8H2,1-4H3,(H,20,23)(H,21,22)/t15-/m0/s1. The lowest BCUT2D eigenvalue weighted by Crippen LogP contribution is -2.49. The van der Waals surface area contributed by atoms with Crippen LogP contribution in [-0.2, 0) is 16.0 Å². The maximum Gasteiger partial charge on any atom is 0.387 e. The topological polar surface area (TPSA) is 76.7 Å². The number of halogens is 2. The second-order valence-corrected chi connectivity index (χ2v) is 5.83. The zero-order chi connectivity index (χ0) is 19.0. The summed E-state index contributed by atoms with van der Waals surface area (Å²) >= 11 is 0. The van der Waals surface area contributed by atoms with E-state index in [9.17, 15) is 18.4 Å². The molecular weight excluding hydrogens is 334 g/mol. The number of nitrogens with one attached hydrogen (secondary N) is 2. The van der Waals surface area contributed by atoms with Gasteiger partial charge in [0.2, 0.25) is 11.8 Å². The monoisotopic (exact) mass is 358 g/mol. The first-order chi connectivity index (χ1) is 11.7. The highest BCUT2D eigenvalue weighted by Gasteiger charge is 2.22. The number of benzene rings is 1. The van der Waals surface area contributed by atoms with E-state index in [1.165, 1.54) is 20.1 Å². The van der Waals surface area contributed by atoms with E-state index in [1.54, 1.807) is 12.1 Å². The van der Waals surface area contributed by atoms with Gasteiger partial charge in [-0.05, 0) is 30.0 Å². The van der Waals surface area contributed by atoms with Gasteiger partial charge in [0.1, 0.15) is 6.04 Å². The van der Waals surface area contributed by atoms with E-state index in [0.717, 1.165) is 5.56 Å². The summed E-state index contributed by atoms with van der Waals surface area (Å²) < 4.78 is 34.0. The van der Waals surface area contributed by atoms with Crippen LogP contribution in [0.4, 0.5) is 8.78 Å². The van der Waals surface area contributed by atoms with Gasteiger partial charge in [0, 0.05) is 13.5 Å². The fourth-order valence-corrected chi connectivity index (χ4v) is 2.25. The van der Waals surface area contributed by atoms with E-state index in [1.807, 2.05) is 13.8 Å². The zero-order valence-corrected chi connectivity index (χ0v) is 14.8. The van der Waals surface area contributed by atoms with Crippen molar-refractivity contribution in [1.29, 1.82) is 0 Å². The Balaban J connectivity index is 2.63. The van der Waals surface area contributed by atoms with E-state index >= 15 is 0 Å². The second kappa shape index (κ2) is 9.80. The molecular formula is C17H24F2N2O4. The molecule has 0 saturated heterocycles. The molecule has 0 aliphatic carbocycles. The number of methoxy groups -OCH3 is 1. The van der Waals surface area contributed by atoms with Crippen LogP contribution in [0.1, 0.15) is 26.3 Å². The van der Waals surface area contributed by atoms with Crippen molar-refractivity contribution >= 4 is 11.8 Å². The highest BCUT2D eigenvalue weighted by Crippen LogP contribution is 2.29. The van der Waals surface area contributed by atoms with Gasteiger partial charge in [-0.25, -0.2) is 0 Å². The molecule has 6 nitrogen and oxygen atoms in total. The third kappa shape index (κ3) is 6.94. The molecule has 0 radical (unpaired) electrons. The third-order valence-corrected chi connectivity index (χ3v) is 3.46. The summed E-state index contributed by atoms with van der Waals surface area (Å²) in [6.45, 7) is 2.44. The first kappa shape index (κ1) is 20.7. The summed E-state index contributed by atoms with van der Waals surface area (Å²) in [6.07, 6.45) is 0.474. The van der Waals surface area contributed by atoms with Crippen LogP contribution in [0.5, 0.6) is 11.5 Å². The predicted octanol–water partition coefficient (Wildman–Crippen LogP) is 2.12. The molecule has 1 rings (SSSR count). The number of carbonyl (C=O) groups is 2. The van der Waals surface area contributed by atoms with Crippen LogP contribution < -0.4 is 20.1 Å². The fraction of sp³-hybridized carbons (Fsp3) is 0.529. The van der Waals surface area contributed by atoms with Crippen LogP contribution in [0.2, 0.25) is 0 Å². The molecule has 1 aromatic carbocycles. The SMILES string of the molecule is COc1cc(CCNC(=O)[C@@H](NC(C)=O)C(C)C)ccc1OC(F)F. The molecule has 0 aromatic heterocycles. The normalized spacial score (nSPS) is 12.0. The van der Waals surface area contributed by atoms with Crippen LogP contribution >= 0.6 is 0 Å². The van der Waals surface area contributed by atoms with Gasteiger partial charge in [-0.2, -0.15) is 8.78 Å². The van der Waals surface area contributed by atoms with Gasteiger partial charge in [-0.1, -0.05) is 19.9 Å². The van der Waals surface area contributed by atoms with Crippen molar-refractivity contribution in [3.63, 3.8) is 0 Å². The van der Waals surface area contributed by atoms with E-state index in [2.05, 4.69) is 15.4 Å². The van der Waals surface area contributed by atoms with Crippen molar-refractivity contribution in [1.82, 2.24) is 10.6 Å². The van der Waals surface area contributed by atoms with E-state index < -0.39 is 12.7 Å². The van der Waals surface area contributed by atoms with Crippen molar-refractivity contribution in [3.05, 3.63) is 23.8 Å². The Hall–Kier alpha value is -2.38. The Morgan fingerprint density at radius 2 is 1.88 bits per heavy atom. The maximum absolute atomic E-state index is 12.3. The molecule has 0 unspecified atom stereocenters. The Morgan fingerprint density at radius 3 is 2.40 bits per heavy atom. The molecule has 0 fully saturated rings. The van der Waals surface area contributed by atoms with Crippen molar-refractivity contribution in [2.75, 3.05) is 13.7 Å². The van der Waals surface area contributed by atoms with Gasteiger partial charge in [-0.3, -0.25) is 9.59 Å². The van der Waals surface area contributed by atoms with Crippen LogP contribution in [0.15, 0.2) is 18.2 Å². The van der Waals surface area contributed by atoms with Crippen molar-refractivity contribution in [2.24, 2.45) is 5.92 Å². The van der Waals surface area contributed by atoms with E-state index in [0.29, 0.717) is 13.0 Å². The van der Waals surface area contributed by atoms with E-state index in [-0.39, 0.29) is 29.2 Å². The van der Waals surface area contributed by atoms with Crippen molar-refractivity contribution in [2.45, 2.75) is 39.8 Å². The summed E-state index contributed by atoms with van der Waals surface area (Å²) in [6, 6.07) is 4.00. The zero-order valence-electron chi connectivity index (χ0n) is 14.8. The first-order valence-electron chi connectivity index (χ1n) is 7.91. The molecule has 140 valence electrons. The number of ether oxygens (including phenoxy) is 2. The smallest absolute Gasteiger partial charge is 0.387 e. The molecule has 1 atom stereocenters. The van der Waals surface area contributed by atoms with E-state index in [4.69, 9.17) is 4.74 Å². The van der Waals surface area contributed by atoms with Crippen molar-refractivity contribution in [3.8, 4) is 11.5 Å². The molecule has 25 heavy (non-hydrogen) atoms. The number of hydrogen-bond donors (Lipinski definition) is 2. The summed E-state index contributed by atoms with van der Waals surface area (Å²) in [5.41, 5.74) is 0.791. The van der Waals surface area contributed by atoms with Gasteiger partial charge in [0.05, 0.1) is 7.11 Å². The minimum Gasteiger partial charge on any atom is -0.493 e. The second-order valence-electron chi connectivity index (χ2n) is 5.83. The van der Waals surface area contributed by atoms with Crippen LogP contribution in [0, 0.1) is 5.92 Å². The molecule has 2 amide bonds. The average molecular weight is 358 g/mol. The van der Waals surface area contributed by atoms with Crippen LogP contribution in [0.25, 0.3) is 0 Å². The first-order valence-corrected chi connectivity index (χ1v) is 7.91. The molecule has 0 bridgehead atoms. The van der Waals surface area contributed by atoms with Crippen LogP contribution in [-0.4, -0.2) is 38.1 Å². The van der Waals surface area contributed by atoms with Crippen LogP contribution in [0.3, 0.4) is 0 Å². The van der Waals surface area contributed by atoms with Gasteiger partial charge < -0.3 is 20.1 Å². The highest BCUT2D eigenvalue weighted by molar-refractivity contribution is 5.87. The molecule has 8 heteroatoms. The lowest BCUT2D eigenvalue weighted by Gasteiger charge is -2.21. The Kier molecular flexibility index (Phi) is 8.10. The van der Waals surface area contributed by atoms with Gasteiger partial charge in [0.15, 0.2) is 11.5 Å². The lowest BCUT2D eigenvalue weighted by atomic mass is 10.0. The Bertz CT molecular complexity index is 594. The quantitative estimate of drug-likeness (QED) is 0.709. The van der Waals surface area contributed by atoms with Crippen molar-refractivity contribution < 1.29 is 27.8 Å². The summed E-state index contributed by atoms with van der Waals surface area (Å²) in [7, 11) is 1.36. The van der Waals surface area contributed by atoms with Gasteiger partial charge in [-0.15, -0.1) is 0 Å². The molecule has 0 heterocycles. The average Bonchev–Trinajstić information content (AvgIpc) is 2.52. The largest absolute Gasteiger partial charge is 0.493 e. The maximum atomic E-state index is 12.3. The molecule has 0 aliphatic rings. The Labute approximate surface area is 145 Å². The molecule has 0 spiro atoms. The number of hydrogen-bond acceptors (Lipinski definition) is 4. The highest BCUT2D eigenvalue weighted by atomic mass is 19.3.